The molecule has 6 nitrogen and oxygen atoms in total. The highest BCUT2D eigenvalue weighted by atomic mass is 16.5. The van der Waals surface area contributed by atoms with E-state index in [1.165, 1.54) is 6.20 Å². The number of ether oxygens (including phenoxy) is 1. The van der Waals surface area contributed by atoms with Gasteiger partial charge in [0.15, 0.2) is 0 Å². The smallest absolute Gasteiger partial charge is 0.341 e. The molecule has 0 saturated heterocycles. The van der Waals surface area contributed by atoms with Crippen molar-refractivity contribution < 1.29 is 14.6 Å². The molecular weight excluding hydrogens is 296 g/mol. The van der Waals surface area contributed by atoms with Gasteiger partial charge in [-0.05, 0) is 40.1 Å². The van der Waals surface area contributed by atoms with Gasteiger partial charge in [0.1, 0.15) is 17.9 Å². The number of nitrogens with zero attached hydrogens (tertiary/aromatic N) is 2. The highest BCUT2D eigenvalue weighted by Gasteiger charge is 2.16. The van der Waals surface area contributed by atoms with E-state index in [4.69, 9.17) is 4.74 Å². The SMILES string of the molecule is CC(C)n1cc(C(=O)O)c(=O)c2ccc(OCCN(C)C)cc21. The van der Waals surface area contributed by atoms with E-state index in [1.807, 2.05) is 32.8 Å². The Hall–Kier alpha value is -2.34. The number of benzene rings is 1. The van der Waals surface area contributed by atoms with Crippen molar-refractivity contribution >= 4 is 16.9 Å². The van der Waals surface area contributed by atoms with E-state index in [-0.39, 0.29) is 11.6 Å². The molecule has 0 fully saturated rings. The van der Waals surface area contributed by atoms with E-state index < -0.39 is 11.4 Å². The molecule has 0 saturated carbocycles. The Balaban J connectivity index is 2.52. The molecule has 0 atom stereocenters. The van der Waals surface area contributed by atoms with Crippen LogP contribution >= 0.6 is 0 Å². The van der Waals surface area contributed by atoms with Crippen molar-refractivity contribution in [3.8, 4) is 5.75 Å². The van der Waals surface area contributed by atoms with E-state index in [2.05, 4.69) is 0 Å². The van der Waals surface area contributed by atoms with Crippen LogP contribution in [0.4, 0.5) is 0 Å². The van der Waals surface area contributed by atoms with Gasteiger partial charge in [0.05, 0.1) is 5.52 Å². The molecule has 23 heavy (non-hydrogen) atoms. The predicted octanol–water partition coefficient (Wildman–Crippen LogP) is 2.22. The number of carboxylic acid groups (broad SMARTS) is 1. The molecule has 2 rings (SSSR count). The molecule has 0 aliphatic carbocycles. The number of likely N-dealkylation sites (N-methyl/N-ethyl adjacent to an activating group) is 1. The number of carboxylic acids is 1. The van der Waals surface area contributed by atoms with E-state index in [0.717, 1.165) is 6.54 Å². The highest BCUT2D eigenvalue weighted by molar-refractivity contribution is 5.92. The van der Waals surface area contributed by atoms with E-state index in [9.17, 15) is 14.7 Å². The average Bonchev–Trinajstić information content (AvgIpc) is 2.46. The Labute approximate surface area is 134 Å². The molecule has 0 aliphatic rings. The van der Waals surface area contributed by atoms with Crippen LogP contribution in [0.5, 0.6) is 5.75 Å². The molecule has 0 aliphatic heterocycles. The number of hydrogen-bond acceptors (Lipinski definition) is 4. The third-order valence-corrected chi connectivity index (χ3v) is 3.60. The summed E-state index contributed by atoms with van der Waals surface area (Å²) >= 11 is 0. The number of carbonyl (C=O) groups is 1. The molecule has 0 amide bonds. The summed E-state index contributed by atoms with van der Waals surface area (Å²) in [5, 5.41) is 9.60. The number of aromatic nitrogens is 1. The van der Waals surface area contributed by atoms with Crippen LogP contribution in [-0.2, 0) is 0 Å². The van der Waals surface area contributed by atoms with Crippen LogP contribution < -0.4 is 10.2 Å². The van der Waals surface area contributed by atoms with Gasteiger partial charge in [-0.1, -0.05) is 0 Å². The van der Waals surface area contributed by atoms with Crippen LogP contribution in [0.2, 0.25) is 0 Å². The third-order valence-electron chi connectivity index (χ3n) is 3.60. The first-order chi connectivity index (χ1) is 10.8. The fourth-order valence-corrected chi connectivity index (χ4v) is 2.34. The normalized spacial score (nSPS) is 11.4. The Morgan fingerprint density at radius 2 is 2.04 bits per heavy atom. The zero-order chi connectivity index (χ0) is 17.1. The number of hydrogen-bond donors (Lipinski definition) is 1. The lowest BCUT2D eigenvalue weighted by Crippen LogP contribution is -2.20. The Morgan fingerprint density at radius 3 is 2.61 bits per heavy atom. The monoisotopic (exact) mass is 318 g/mol. The van der Waals surface area contributed by atoms with Gasteiger partial charge in [-0.2, -0.15) is 0 Å². The number of aromatic carboxylic acids is 1. The zero-order valence-electron chi connectivity index (χ0n) is 13.9. The van der Waals surface area contributed by atoms with Crippen molar-refractivity contribution in [1.82, 2.24) is 9.47 Å². The molecule has 2 aromatic rings. The lowest BCUT2D eigenvalue weighted by atomic mass is 10.1. The fraction of sp³-hybridized carbons (Fsp3) is 0.412. The first-order valence-corrected chi connectivity index (χ1v) is 7.51. The van der Waals surface area contributed by atoms with Crippen LogP contribution in [-0.4, -0.2) is 47.8 Å². The summed E-state index contributed by atoms with van der Waals surface area (Å²) in [6.45, 7) is 5.20. The molecular formula is C17H22N2O4. The Bertz CT molecular complexity index is 778. The van der Waals surface area contributed by atoms with Crippen LogP contribution in [0.3, 0.4) is 0 Å². The number of pyridine rings is 1. The van der Waals surface area contributed by atoms with Crippen molar-refractivity contribution in [1.29, 1.82) is 0 Å². The summed E-state index contributed by atoms with van der Waals surface area (Å²) in [6, 6.07) is 5.15. The molecule has 0 radical (unpaired) electrons. The van der Waals surface area contributed by atoms with Crippen LogP contribution in [0, 0.1) is 0 Å². The maximum Gasteiger partial charge on any atom is 0.341 e. The van der Waals surface area contributed by atoms with E-state index >= 15 is 0 Å². The second kappa shape index (κ2) is 6.83. The van der Waals surface area contributed by atoms with Gasteiger partial charge in [0, 0.05) is 30.2 Å². The maximum absolute atomic E-state index is 12.3. The zero-order valence-corrected chi connectivity index (χ0v) is 13.9. The maximum atomic E-state index is 12.3. The summed E-state index contributed by atoms with van der Waals surface area (Å²) in [4.78, 5) is 25.6. The molecule has 1 N–H and O–H groups in total. The second-order valence-corrected chi connectivity index (χ2v) is 6.01. The molecule has 124 valence electrons. The number of fused-ring (bicyclic) bond motifs is 1. The summed E-state index contributed by atoms with van der Waals surface area (Å²) in [6.07, 6.45) is 1.40. The fourth-order valence-electron chi connectivity index (χ4n) is 2.34. The van der Waals surface area contributed by atoms with Gasteiger partial charge in [-0.25, -0.2) is 4.79 Å². The van der Waals surface area contributed by atoms with Crippen molar-refractivity contribution in [2.75, 3.05) is 27.2 Å². The lowest BCUT2D eigenvalue weighted by molar-refractivity contribution is 0.0695. The molecule has 1 heterocycles. The van der Waals surface area contributed by atoms with Gasteiger partial charge >= 0.3 is 5.97 Å². The minimum absolute atomic E-state index is 0.0215. The quantitative estimate of drug-likeness (QED) is 0.884. The largest absolute Gasteiger partial charge is 0.492 e. The van der Waals surface area contributed by atoms with E-state index in [0.29, 0.717) is 23.3 Å². The van der Waals surface area contributed by atoms with Gasteiger partial charge in [-0.15, -0.1) is 0 Å². The van der Waals surface area contributed by atoms with Crippen LogP contribution in [0.1, 0.15) is 30.2 Å². The average molecular weight is 318 g/mol. The van der Waals surface area contributed by atoms with Gasteiger partial charge in [-0.3, -0.25) is 4.79 Å². The topological polar surface area (TPSA) is 71.8 Å². The summed E-state index contributed by atoms with van der Waals surface area (Å²) in [5.74, 6) is -0.547. The van der Waals surface area contributed by atoms with Crippen molar-refractivity contribution in [2.24, 2.45) is 0 Å². The summed E-state index contributed by atoms with van der Waals surface area (Å²) < 4.78 is 7.49. The van der Waals surface area contributed by atoms with Crippen LogP contribution in [0.15, 0.2) is 29.2 Å². The van der Waals surface area contributed by atoms with Gasteiger partial charge in [0.25, 0.3) is 0 Å². The molecule has 0 unspecified atom stereocenters. The standard InChI is InChI=1S/C17H22N2O4/c1-11(2)19-10-14(17(21)22)16(20)13-6-5-12(9-15(13)19)23-8-7-18(3)4/h5-6,9-11H,7-8H2,1-4H3,(H,21,22). The number of rotatable bonds is 6. The predicted molar refractivity (Wildman–Crippen MR) is 89.6 cm³/mol. The van der Waals surface area contributed by atoms with Gasteiger partial charge in [0.2, 0.25) is 5.43 Å². The highest BCUT2D eigenvalue weighted by Crippen LogP contribution is 2.22. The third kappa shape index (κ3) is 3.71. The summed E-state index contributed by atoms with van der Waals surface area (Å²) in [7, 11) is 3.93. The van der Waals surface area contributed by atoms with Crippen molar-refractivity contribution in [2.45, 2.75) is 19.9 Å². The Morgan fingerprint density at radius 1 is 1.35 bits per heavy atom. The molecule has 6 heteroatoms. The van der Waals surface area contributed by atoms with Crippen molar-refractivity contribution in [3.63, 3.8) is 0 Å². The minimum Gasteiger partial charge on any atom is -0.492 e. The summed E-state index contributed by atoms with van der Waals surface area (Å²) in [5.41, 5.74) is -0.00549. The molecule has 0 spiro atoms. The first-order valence-electron chi connectivity index (χ1n) is 7.51. The second-order valence-electron chi connectivity index (χ2n) is 6.01. The minimum atomic E-state index is -1.21. The van der Waals surface area contributed by atoms with Crippen molar-refractivity contribution in [3.05, 3.63) is 40.2 Å². The molecule has 1 aromatic carbocycles. The van der Waals surface area contributed by atoms with E-state index in [1.54, 1.807) is 22.8 Å². The van der Waals surface area contributed by atoms with Crippen LogP contribution in [0.25, 0.3) is 10.9 Å². The molecule has 0 bridgehead atoms. The lowest BCUT2D eigenvalue weighted by Gasteiger charge is -2.17. The molecule has 1 aromatic heterocycles. The van der Waals surface area contributed by atoms with Gasteiger partial charge < -0.3 is 19.3 Å². The first kappa shape index (κ1) is 17.0. The Kier molecular flexibility index (Phi) is 5.05.